The Bertz CT molecular complexity index is 706. The first-order valence-electron chi connectivity index (χ1n) is 7.44. The molecule has 0 aliphatic carbocycles. The molecule has 0 spiro atoms. The molecule has 0 radical (unpaired) electrons. The fourth-order valence-corrected chi connectivity index (χ4v) is 2.95. The molecule has 118 valence electrons. The second-order valence-electron chi connectivity index (χ2n) is 5.43. The van der Waals surface area contributed by atoms with Crippen molar-refractivity contribution in [2.75, 3.05) is 24.5 Å². The van der Waals surface area contributed by atoms with Crippen molar-refractivity contribution >= 4 is 11.5 Å². The van der Waals surface area contributed by atoms with Crippen LogP contribution < -0.4 is 10.2 Å². The van der Waals surface area contributed by atoms with Gasteiger partial charge in [-0.3, -0.25) is 19.8 Å². The maximum atomic E-state index is 13.0. The second kappa shape index (κ2) is 6.18. The van der Waals surface area contributed by atoms with E-state index in [1.54, 1.807) is 47.4 Å². The molecule has 1 aliphatic rings. The predicted molar refractivity (Wildman–Crippen MR) is 87.2 cm³/mol. The van der Waals surface area contributed by atoms with E-state index in [4.69, 9.17) is 0 Å². The van der Waals surface area contributed by atoms with E-state index in [0.717, 1.165) is 0 Å². The Morgan fingerprint density at radius 1 is 1.09 bits per heavy atom. The van der Waals surface area contributed by atoms with E-state index in [9.17, 15) is 14.9 Å². The molecule has 6 nitrogen and oxygen atoms in total. The molecule has 1 N–H and O–H groups in total. The van der Waals surface area contributed by atoms with Crippen LogP contribution in [-0.2, 0) is 0 Å². The van der Waals surface area contributed by atoms with Crippen LogP contribution in [0.2, 0.25) is 0 Å². The van der Waals surface area contributed by atoms with Crippen molar-refractivity contribution in [2.45, 2.75) is 5.66 Å². The Morgan fingerprint density at radius 3 is 2.30 bits per heavy atom. The zero-order chi connectivity index (χ0) is 16.3. The van der Waals surface area contributed by atoms with Gasteiger partial charge in [-0.25, -0.2) is 0 Å². The summed E-state index contributed by atoms with van der Waals surface area (Å²) in [5, 5.41) is 15.0. The van der Waals surface area contributed by atoms with E-state index in [1.165, 1.54) is 0 Å². The molecule has 2 aromatic rings. The fraction of sp³-hybridized carbons (Fsp3) is 0.235. The summed E-state index contributed by atoms with van der Waals surface area (Å²) in [5.74, 6) is -0.501. The van der Waals surface area contributed by atoms with Crippen LogP contribution in [0.3, 0.4) is 0 Å². The average Bonchev–Trinajstić information content (AvgIpc) is 2.62. The first kappa shape index (κ1) is 15.2. The number of rotatable bonds is 4. The fourth-order valence-electron chi connectivity index (χ4n) is 2.95. The number of nitro groups is 1. The van der Waals surface area contributed by atoms with Gasteiger partial charge < -0.3 is 5.32 Å². The summed E-state index contributed by atoms with van der Waals surface area (Å²) in [6.07, 6.45) is 0. The Kier molecular flexibility index (Phi) is 4.08. The van der Waals surface area contributed by atoms with Gasteiger partial charge >= 0.3 is 5.66 Å². The molecule has 6 heteroatoms. The zero-order valence-electron chi connectivity index (χ0n) is 12.5. The molecule has 0 amide bonds. The Labute approximate surface area is 133 Å². The van der Waals surface area contributed by atoms with Crippen LogP contribution in [0, 0.1) is 10.1 Å². The average molecular weight is 311 g/mol. The number of nitrogens with one attached hydrogen (secondary N) is 1. The number of hydrogen-bond donors (Lipinski definition) is 1. The largest absolute Gasteiger partial charge is 0.371 e. The molecule has 1 unspecified atom stereocenters. The van der Waals surface area contributed by atoms with Crippen LogP contribution in [0.1, 0.15) is 10.4 Å². The molecule has 0 saturated carbocycles. The van der Waals surface area contributed by atoms with E-state index in [2.05, 4.69) is 5.32 Å². The van der Waals surface area contributed by atoms with Gasteiger partial charge in [0.05, 0.1) is 11.5 Å². The Morgan fingerprint density at radius 2 is 1.70 bits per heavy atom. The molecule has 0 bridgehead atoms. The third kappa shape index (κ3) is 2.57. The maximum Gasteiger partial charge on any atom is 0.371 e. The highest BCUT2D eigenvalue weighted by molar-refractivity contribution is 6.04. The normalized spacial score (nSPS) is 21.0. The minimum Gasteiger partial charge on any atom is -0.306 e. The number of para-hydroxylation sites is 1. The smallest absolute Gasteiger partial charge is 0.306 e. The number of piperazine rings is 1. The predicted octanol–water partition coefficient (Wildman–Crippen LogP) is 1.95. The monoisotopic (exact) mass is 311 g/mol. The summed E-state index contributed by atoms with van der Waals surface area (Å²) >= 11 is 0. The SMILES string of the molecule is O=C(c1ccccc1)C1([N+](=O)[O-])CNCCN1c1ccccc1. The molecule has 3 rings (SSSR count). The summed E-state index contributed by atoms with van der Waals surface area (Å²) in [5.41, 5.74) is -0.815. The van der Waals surface area contributed by atoms with Gasteiger partial charge in [-0.1, -0.05) is 48.5 Å². The van der Waals surface area contributed by atoms with Gasteiger partial charge in [-0.2, -0.15) is 0 Å². The molecule has 1 saturated heterocycles. The van der Waals surface area contributed by atoms with E-state index >= 15 is 0 Å². The molecular weight excluding hydrogens is 294 g/mol. The number of Topliss-reactive ketones (excluding diaryl/α,β-unsaturated/α-hetero) is 1. The standard InChI is InChI=1S/C17H17N3O3/c21-16(14-7-3-1-4-8-14)17(20(22)23)13-18-11-12-19(17)15-9-5-2-6-10-15/h1-10,18H,11-13H2. The van der Waals surface area contributed by atoms with Gasteiger partial charge in [0, 0.05) is 24.3 Å². The van der Waals surface area contributed by atoms with Crippen molar-refractivity contribution in [3.05, 3.63) is 76.3 Å². The van der Waals surface area contributed by atoms with Crippen molar-refractivity contribution in [1.29, 1.82) is 0 Å². The van der Waals surface area contributed by atoms with Gasteiger partial charge in [0.1, 0.15) is 0 Å². The number of benzene rings is 2. The Balaban J connectivity index is 2.10. The van der Waals surface area contributed by atoms with E-state index < -0.39 is 16.4 Å². The maximum absolute atomic E-state index is 13.0. The van der Waals surface area contributed by atoms with Crippen molar-refractivity contribution in [1.82, 2.24) is 5.32 Å². The summed E-state index contributed by atoms with van der Waals surface area (Å²) in [6, 6.07) is 17.5. The first-order valence-corrected chi connectivity index (χ1v) is 7.44. The van der Waals surface area contributed by atoms with Crippen molar-refractivity contribution < 1.29 is 9.72 Å². The summed E-state index contributed by atoms with van der Waals surface area (Å²) in [6.45, 7) is 0.957. The lowest BCUT2D eigenvalue weighted by molar-refractivity contribution is -0.548. The number of anilines is 1. The quantitative estimate of drug-likeness (QED) is 0.530. The third-order valence-corrected chi connectivity index (χ3v) is 4.10. The van der Waals surface area contributed by atoms with Crippen molar-refractivity contribution in [3.8, 4) is 0 Å². The molecule has 2 aromatic carbocycles. The number of carbonyl (C=O) groups excluding carboxylic acids is 1. The number of ketones is 1. The minimum absolute atomic E-state index is 0.0252. The van der Waals surface area contributed by atoms with Crippen LogP contribution >= 0.6 is 0 Å². The number of nitrogens with zero attached hydrogens (tertiary/aromatic N) is 2. The van der Waals surface area contributed by atoms with Crippen molar-refractivity contribution in [2.24, 2.45) is 0 Å². The Hall–Kier alpha value is -2.73. The first-order chi connectivity index (χ1) is 11.2. The molecule has 23 heavy (non-hydrogen) atoms. The molecule has 1 heterocycles. The topological polar surface area (TPSA) is 75.5 Å². The van der Waals surface area contributed by atoms with E-state index in [1.807, 2.05) is 18.2 Å². The van der Waals surface area contributed by atoms with Crippen LogP contribution in [-0.4, -0.2) is 36.0 Å². The molecule has 0 aromatic heterocycles. The van der Waals surface area contributed by atoms with E-state index in [0.29, 0.717) is 24.3 Å². The van der Waals surface area contributed by atoms with Gasteiger partial charge in [-0.15, -0.1) is 0 Å². The molecule has 1 fully saturated rings. The highest BCUT2D eigenvalue weighted by Gasteiger charge is 2.57. The molecular formula is C17H17N3O3. The second-order valence-corrected chi connectivity index (χ2v) is 5.43. The number of carbonyl (C=O) groups is 1. The summed E-state index contributed by atoms with van der Waals surface area (Å²) in [4.78, 5) is 26.1. The molecule has 1 atom stereocenters. The highest BCUT2D eigenvalue weighted by atomic mass is 16.6. The van der Waals surface area contributed by atoms with E-state index in [-0.39, 0.29) is 6.54 Å². The molecule has 1 aliphatic heterocycles. The van der Waals surface area contributed by atoms with Crippen LogP contribution in [0.25, 0.3) is 0 Å². The summed E-state index contributed by atoms with van der Waals surface area (Å²) in [7, 11) is 0. The van der Waals surface area contributed by atoms with Crippen LogP contribution in [0.4, 0.5) is 5.69 Å². The third-order valence-electron chi connectivity index (χ3n) is 4.10. The van der Waals surface area contributed by atoms with Gasteiger partial charge in [0.2, 0.25) is 0 Å². The number of hydrogen-bond acceptors (Lipinski definition) is 5. The van der Waals surface area contributed by atoms with Gasteiger partial charge in [-0.05, 0) is 12.1 Å². The van der Waals surface area contributed by atoms with Gasteiger partial charge in [0.15, 0.2) is 0 Å². The zero-order valence-corrected chi connectivity index (χ0v) is 12.5. The lowest BCUT2D eigenvalue weighted by Gasteiger charge is -2.40. The van der Waals surface area contributed by atoms with Gasteiger partial charge in [0.25, 0.3) is 5.78 Å². The van der Waals surface area contributed by atoms with Crippen molar-refractivity contribution in [3.63, 3.8) is 0 Å². The lowest BCUT2D eigenvalue weighted by atomic mass is 9.93. The van der Waals surface area contributed by atoms with Crippen LogP contribution in [0.5, 0.6) is 0 Å². The van der Waals surface area contributed by atoms with Crippen LogP contribution in [0.15, 0.2) is 60.7 Å². The summed E-state index contributed by atoms with van der Waals surface area (Å²) < 4.78 is 0. The minimum atomic E-state index is -1.83. The lowest BCUT2D eigenvalue weighted by Crippen LogP contribution is -2.70. The highest BCUT2D eigenvalue weighted by Crippen LogP contribution is 2.29.